The van der Waals surface area contributed by atoms with E-state index in [-0.39, 0.29) is 5.43 Å². The zero-order valence-corrected chi connectivity index (χ0v) is 12.0. The molecule has 3 aromatic rings. The molecule has 5 heteroatoms. The Kier molecular flexibility index (Phi) is 2.99. The van der Waals surface area contributed by atoms with Gasteiger partial charge < -0.3 is 15.9 Å². The van der Waals surface area contributed by atoms with E-state index in [0.717, 1.165) is 10.0 Å². The molecule has 0 radical (unpaired) electrons. The lowest BCUT2D eigenvalue weighted by molar-refractivity contribution is 0.620. The molecule has 0 saturated heterocycles. The lowest BCUT2D eigenvalue weighted by Crippen LogP contribution is -2.04. The number of rotatable bonds is 1. The number of halogens is 1. The molecule has 20 heavy (non-hydrogen) atoms. The molecular formula is C15H11BrN2O2. The maximum absolute atomic E-state index is 12.1. The van der Waals surface area contributed by atoms with Crippen LogP contribution in [0, 0.1) is 0 Å². The normalized spacial score (nSPS) is 10.8. The summed E-state index contributed by atoms with van der Waals surface area (Å²) >= 11 is 3.36. The van der Waals surface area contributed by atoms with Crippen LogP contribution < -0.4 is 16.9 Å². The van der Waals surface area contributed by atoms with E-state index >= 15 is 0 Å². The van der Waals surface area contributed by atoms with Crippen molar-refractivity contribution in [3.8, 4) is 11.3 Å². The van der Waals surface area contributed by atoms with Crippen molar-refractivity contribution in [3.63, 3.8) is 0 Å². The van der Waals surface area contributed by atoms with Crippen molar-refractivity contribution in [2.75, 3.05) is 11.5 Å². The monoisotopic (exact) mass is 330 g/mol. The highest BCUT2D eigenvalue weighted by molar-refractivity contribution is 9.10. The van der Waals surface area contributed by atoms with Gasteiger partial charge in [0.15, 0.2) is 11.0 Å². The first-order chi connectivity index (χ1) is 9.56. The number of nitrogens with two attached hydrogens (primary N) is 2. The molecule has 0 unspecified atom stereocenters. The molecule has 0 fully saturated rings. The minimum atomic E-state index is -0.143. The predicted octanol–water partition coefficient (Wildman–Crippen LogP) is 3.39. The Hall–Kier alpha value is -2.27. The van der Waals surface area contributed by atoms with Crippen LogP contribution in [0.1, 0.15) is 0 Å². The van der Waals surface area contributed by atoms with Crippen molar-refractivity contribution in [1.29, 1.82) is 0 Å². The second-order valence-electron chi connectivity index (χ2n) is 4.43. The van der Waals surface area contributed by atoms with Crippen molar-refractivity contribution in [1.82, 2.24) is 0 Å². The summed E-state index contributed by atoms with van der Waals surface area (Å²) in [7, 11) is 0. The largest absolute Gasteiger partial charge is 0.454 e. The molecule has 4 nitrogen and oxygen atoms in total. The summed E-state index contributed by atoms with van der Waals surface area (Å²) in [6.45, 7) is 0. The molecule has 0 aliphatic rings. The molecule has 0 aliphatic heterocycles. The second-order valence-corrected chi connectivity index (χ2v) is 5.34. The fourth-order valence-electron chi connectivity index (χ4n) is 2.01. The van der Waals surface area contributed by atoms with Crippen molar-refractivity contribution in [2.24, 2.45) is 0 Å². The maximum Gasteiger partial charge on any atom is 0.193 e. The van der Waals surface area contributed by atoms with Gasteiger partial charge in [-0.2, -0.15) is 0 Å². The Morgan fingerprint density at radius 3 is 2.40 bits per heavy atom. The van der Waals surface area contributed by atoms with Crippen LogP contribution in [0.25, 0.3) is 22.3 Å². The van der Waals surface area contributed by atoms with E-state index in [1.54, 1.807) is 12.1 Å². The Morgan fingerprint density at radius 1 is 1.00 bits per heavy atom. The van der Waals surface area contributed by atoms with Gasteiger partial charge in [-0.15, -0.1) is 0 Å². The van der Waals surface area contributed by atoms with Crippen LogP contribution in [0.2, 0.25) is 0 Å². The highest BCUT2D eigenvalue weighted by atomic mass is 79.9. The third-order valence-electron chi connectivity index (χ3n) is 3.10. The molecule has 3 rings (SSSR count). The number of hydrogen-bond acceptors (Lipinski definition) is 4. The molecule has 0 spiro atoms. The number of benzene rings is 2. The quantitative estimate of drug-likeness (QED) is 0.670. The van der Waals surface area contributed by atoms with Gasteiger partial charge in [0.05, 0.1) is 16.8 Å². The molecule has 0 bridgehead atoms. The standard InChI is InChI=1S/C15H11BrN2O2/c16-9-3-1-8(2-4-9)13-7-12(19)10-5-6-11(17)14(18)15(10)20-13/h1-7H,17-18H2. The zero-order chi connectivity index (χ0) is 14.3. The van der Waals surface area contributed by atoms with Gasteiger partial charge in [0, 0.05) is 16.1 Å². The zero-order valence-electron chi connectivity index (χ0n) is 10.4. The number of fused-ring (bicyclic) bond motifs is 1. The predicted molar refractivity (Wildman–Crippen MR) is 84.4 cm³/mol. The van der Waals surface area contributed by atoms with Gasteiger partial charge in [0.1, 0.15) is 5.76 Å². The Balaban J connectivity index is 2.31. The number of nitrogen functional groups attached to an aromatic ring is 2. The molecule has 4 N–H and O–H groups in total. The van der Waals surface area contributed by atoms with E-state index in [4.69, 9.17) is 15.9 Å². The van der Waals surface area contributed by atoms with E-state index in [9.17, 15) is 4.79 Å². The van der Waals surface area contributed by atoms with Crippen LogP contribution in [0.4, 0.5) is 11.4 Å². The van der Waals surface area contributed by atoms with Gasteiger partial charge in [0.2, 0.25) is 0 Å². The average Bonchev–Trinajstić information content (AvgIpc) is 2.44. The maximum atomic E-state index is 12.1. The molecular weight excluding hydrogens is 320 g/mol. The topological polar surface area (TPSA) is 82.2 Å². The van der Waals surface area contributed by atoms with Gasteiger partial charge in [-0.1, -0.05) is 28.1 Å². The van der Waals surface area contributed by atoms with Crippen molar-refractivity contribution >= 4 is 38.3 Å². The van der Waals surface area contributed by atoms with Crippen LogP contribution in [-0.4, -0.2) is 0 Å². The molecule has 1 aromatic heterocycles. The Bertz CT molecular complexity index is 854. The molecule has 1 heterocycles. The summed E-state index contributed by atoms with van der Waals surface area (Å²) in [5, 5.41) is 0.428. The van der Waals surface area contributed by atoms with Gasteiger partial charge in [0.25, 0.3) is 0 Å². The van der Waals surface area contributed by atoms with Crippen LogP contribution in [0.3, 0.4) is 0 Å². The lowest BCUT2D eigenvalue weighted by Gasteiger charge is -2.07. The molecule has 2 aromatic carbocycles. The molecule has 0 saturated carbocycles. The molecule has 100 valence electrons. The third kappa shape index (κ3) is 2.06. The highest BCUT2D eigenvalue weighted by Gasteiger charge is 2.11. The fraction of sp³-hybridized carbons (Fsp3) is 0. The second kappa shape index (κ2) is 4.68. The van der Waals surface area contributed by atoms with Gasteiger partial charge in [-0.25, -0.2) is 0 Å². The van der Waals surface area contributed by atoms with Gasteiger partial charge >= 0.3 is 0 Å². The summed E-state index contributed by atoms with van der Waals surface area (Å²) in [5.74, 6) is 0.465. The van der Waals surface area contributed by atoms with Crippen LogP contribution in [0.15, 0.2) is 56.1 Å². The molecule has 0 aliphatic carbocycles. The SMILES string of the molecule is Nc1ccc2c(=O)cc(-c3ccc(Br)cc3)oc2c1N. The minimum absolute atomic E-state index is 0.143. The smallest absolute Gasteiger partial charge is 0.193 e. The first-order valence-electron chi connectivity index (χ1n) is 5.94. The average molecular weight is 331 g/mol. The first kappa shape index (κ1) is 12.7. The Morgan fingerprint density at radius 2 is 1.70 bits per heavy atom. The van der Waals surface area contributed by atoms with Crippen LogP contribution >= 0.6 is 15.9 Å². The summed E-state index contributed by atoms with van der Waals surface area (Å²) in [4.78, 5) is 12.1. The van der Waals surface area contributed by atoms with E-state index in [1.165, 1.54) is 6.07 Å². The lowest BCUT2D eigenvalue weighted by atomic mass is 10.1. The first-order valence-corrected chi connectivity index (χ1v) is 6.73. The fourth-order valence-corrected chi connectivity index (χ4v) is 2.28. The molecule has 0 amide bonds. The number of hydrogen-bond donors (Lipinski definition) is 2. The summed E-state index contributed by atoms with van der Waals surface area (Å²) in [6, 6.07) is 12.2. The van der Waals surface area contributed by atoms with Crippen molar-refractivity contribution in [2.45, 2.75) is 0 Å². The van der Waals surface area contributed by atoms with Gasteiger partial charge in [-0.3, -0.25) is 4.79 Å². The van der Waals surface area contributed by atoms with Crippen LogP contribution in [0.5, 0.6) is 0 Å². The number of anilines is 2. The Labute approximate surface area is 123 Å². The highest BCUT2D eigenvalue weighted by Crippen LogP contribution is 2.29. The minimum Gasteiger partial charge on any atom is -0.454 e. The van der Waals surface area contributed by atoms with Crippen molar-refractivity contribution in [3.05, 3.63) is 57.2 Å². The van der Waals surface area contributed by atoms with E-state index in [1.807, 2.05) is 24.3 Å². The summed E-state index contributed by atoms with van der Waals surface area (Å²) in [6.07, 6.45) is 0. The van der Waals surface area contributed by atoms with E-state index < -0.39 is 0 Å². The van der Waals surface area contributed by atoms with Crippen LogP contribution in [-0.2, 0) is 0 Å². The summed E-state index contributed by atoms with van der Waals surface area (Å²) in [5.41, 5.74) is 13.3. The van der Waals surface area contributed by atoms with E-state index in [0.29, 0.717) is 28.1 Å². The van der Waals surface area contributed by atoms with E-state index in [2.05, 4.69) is 15.9 Å². The third-order valence-corrected chi connectivity index (χ3v) is 3.63. The molecule has 0 atom stereocenters. The van der Waals surface area contributed by atoms with Gasteiger partial charge in [-0.05, 0) is 24.3 Å². The van der Waals surface area contributed by atoms with Crippen molar-refractivity contribution < 1.29 is 4.42 Å². The summed E-state index contributed by atoms with van der Waals surface area (Å²) < 4.78 is 6.71.